The van der Waals surface area contributed by atoms with Crippen molar-refractivity contribution in [1.29, 1.82) is 0 Å². The van der Waals surface area contributed by atoms with Crippen molar-refractivity contribution in [2.24, 2.45) is 5.41 Å². The van der Waals surface area contributed by atoms with Crippen molar-refractivity contribution in [3.05, 3.63) is 51.8 Å². The minimum absolute atomic E-state index is 0.0325. The van der Waals surface area contributed by atoms with Crippen LogP contribution >= 0.6 is 0 Å². The number of aromatic nitrogens is 3. The molecule has 0 unspecified atom stereocenters. The maximum absolute atomic E-state index is 13.0. The number of imidazole rings is 1. The first-order valence-corrected chi connectivity index (χ1v) is 11.5. The van der Waals surface area contributed by atoms with Crippen molar-refractivity contribution in [3.63, 3.8) is 0 Å². The molecule has 3 rings (SSSR count). The van der Waals surface area contributed by atoms with Crippen LogP contribution in [0.15, 0.2) is 30.5 Å². The second-order valence-electron chi connectivity index (χ2n) is 11.7. The van der Waals surface area contributed by atoms with E-state index in [-0.39, 0.29) is 28.0 Å². The van der Waals surface area contributed by atoms with Gasteiger partial charge < -0.3 is 15.6 Å². The number of nitrogens with one attached hydrogen (secondary N) is 3. The Bertz CT molecular complexity index is 1190. The molecule has 34 heavy (non-hydrogen) atoms. The smallest absolute Gasteiger partial charge is 0.269 e. The van der Waals surface area contributed by atoms with Crippen LogP contribution in [-0.4, -0.2) is 31.0 Å². The van der Waals surface area contributed by atoms with Gasteiger partial charge in [-0.25, -0.2) is 0 Å². The lowest BCUT2D eigenvalue weighted by molar-refractivity contribution is -0.384. The summed E-state index contributed by atoms with van der Waals surface area (Å²) in [5, 5.41) is 21.9. The zero-order valence-corrected chi connectivity index (χ0v) is 21.4. The van der Waals surface area contributed by atoms with Gasteiger partial charge in [0, 0.05) is 28.8 Å². The normalized spacial score (nSPS) is 12.7. The van der Waals surface area contributed by atoms with Gasteiger partial charge in [-0.15, -0.1) is 0 Å². The van der Waals surface area contributed by atoms with Crippen LogP contribution in [0.3, 0.4) is 0 Å². The van der Waals surface area contributed by atoms with Crippen LogP contribution in [0.2, 0.25) is 0 Å². The summed E-state index contributed by atoms with van der Waals surface area (Å²) in [5.74, 6) is 0.500. The lowest BCUT2D eigenvalue weighted by Gasteiger charge is -2.32. The number of benzene rings is 1. The van der Waals surface area contributed by atoms with Crippen molar-refractivity contribution in [2.75, 3.05) is 10.6 Å². The van der Waals surface area contributed by atoms with Gasteiger partial charge in [-0.1, -0.05) is 41.5 Å². The molecule has 0 saturated carbocycles. The number of carbonyl (C=O) groups is 1. The number of amides is 1. The van der Waals surface area contributed by atoms with Crippen LogP contribution in [0.4, 0.5) is 17.2 Å². The highest BCUT2D eigenvalue weighted by molar-refractivity contribution is 6.08. The largest absolute Gasteiger partial charge is 0.364 e. The fourth-order valence-electron chi connectivity index (χ4n) is 3.68. The van der Waals surface area contributed by atoms with Gasteiger partial charge >= 0.3 is 0 Å². The molecule has 3 N–H and O–H groups in total. The Morgan fingerprint density at radius 2 is 1.68 bits per heavy atom. The fraction of sp³-hybridized carbons (Fsp3) is 0.520. The van der Waals surface area contributed by atoms with Crippen molar-refractivity contribution in [3.8, 4) is 0 Å². The van der Waals surface area contributed by atoms with Gasteiger partial charge in [0.15, 0.2) is 0 Å². The monoisotopic (exact) mass is 468 g/mol. The average Bonchev–Trinajstić information content (AvgIpc) is 3.26. The molecule has 3 aromatic rings. The summed E-state index contributed by atoms with van der Waals surface area (Å²) in [5.41, 5.74) is 2.22. The molecule has 0 radical (unpaired) electrons. The molecule has 0 saturated heterocycles. The van der Waals surface area contributed by atoms with Crippen LogP contribution in [0.25, 0.3) is 5.65 Å². The highest BCUT2D eigenvalue weighted by Gasteiger charge is 2.30. The molecule has 1 aromatic carbocycles. The number of nitrogens with zero attached hydrogens (tertiary/aromatic N) is 3. The first kappa shape index (κ1) is 25.3. The van der Waals surface area contributed by atoms with Gasteiger partial charge in [-0.05, 0) is 44.2 Å². The van der Waals surface area contributed by atoms with E-state index in [1.54, 1.807) is 4.52 Å². The first-order valence-electron chi connectivity index (χ1n) is 11.5. The van der Waals surface area contributed by atoms with Gasteiger partial charge in [0.1, 0.15) is 17.0 Å². The molecule has 0 bridgehead atoms. The minimum atomic E-state index is -0.475. The lowest BCUT2D eigenvalue weighted by atomic mass is 9.84. The summed E-state index contributed by atoms with van der Waals surface area (Å²) in [6.45, 7) is 17.4. The van der Waals surface area contributed by atoms with E-state index in [9.17, 15) is 14.9 Å². The van der Waals surface area contributed by atoms with E-state index in [4.69, 9.17) is 0 Å². The third-order valence-corrected chi connectivity index (χ3v) is 5.75. The van der Waals surface area contributed by atoms with E-state index < -0.39 is 4.92 Å². The van der Waals surface area contributed by atoms with Gasteiger partial charge in [0.05, 0.1) is 16.8 Å². The molecular formula is C25H36N6O3. The van der Waals surface area contributed by atoms with E-state index in [1.165, 1.54) is 30.5 Å². The molecule has 2 heterocycles. The number of rotatable bonds is 7. The zero-order valence-electron chi connectivity index (χ0n) is 21.4. The Labute approximate surface area is 200 Å². The molecule has 0 spiro atoms. The van der Waals surface area contributed by atoms with E-state index >= 15 is 0 Å². The lowest BCUT2D eigenvalue weighted by Crippen LogP contribution is -2.34. The molecule has 2 aromatic heterocycles. The highest BCUT2D eigenvalue weighted by atomic mass is 16.6. The van der Waals surface area contributed by atoms with Crippen molar-refractivity contribution >= 4 is 28.7 Å². The van der Waals surface area contributed by atoms with E-state index in [2.05, 4.69) is 76.1 Å². The van der Waals surface area contributed by atoms with Gasteiger partial charge in [0.2, 0.25) is 0 Å². The van der Waals surface area contributed by atoms with E-state index in [0.717, 1.165) is 24.4 Å². The van der Waals surface area contributed by atoms with Crippen molar-refractivity contribution in [2.45, 2.75) is 79.2 Å². The third-order valence-electron chi connectivity index (χ3n) is 5.75. The summed E-state index contributed by atoms with van der Waals surface area (Å²) >= 11 is 0. The number of non-ortho nitro benzene ring substituents is 1. The number of hydrogen-bond donors (Lipinski definition) is 3. The predicted molar refractivity (Wildman–Crippen MR) is 136 cm³/mol. The molecule has 1 amide bonds. The molecule has 0 aliphatic heterocycles. The third kappa shape index (κ3) is 5.76. The van der Waals surface area contributed by atoms with Crippen molar-refractivity contribution < 1.29 is 9.72 Å². The Morgan fingerprint density at radius 1 is 1.06 bits per heavy atom. The zero-order chi connectivity index (χ0) is 25.5. The topological polar surface area (TPSA) is 117 Å². The molecule has 0 atom stereocenters. The van der Waals surface area contributed by atoms with Crippen LogP contribution in [0.1, 0.15) is 84.3 Å². The minimum Gasteiger partial charge on any atom is -0.364 e. The first-order chi connectivity index (χ1) is 15.6. The summed E-state index contributed by atoms with van der Waals surface area (Å²) in [6, 6.07) is 5.74. The summed E-state index contributed by atoms with van der Waals surface area (Å²) in [6.07, 6.45) is 3.57. The Kier molecular flexibility index (Phi) is 6.52. The average molecular weight is 469 g/mol. The van der Waals surface area contributed by atoms with Gasteiger partial charge in [-0.3, -0.25) is 14.9 Å². The summed E-state index contributed by atoms with van der Waals surface area (Å²) < 4.78 is 1.75. The molecule has 9 heteroatoms. The Hall–Kier alpha value is -3.36. The Balaban J connectivity index is 1.93. The van der Waals surface area contributed by atoms with Crippen LogP contribution < -0.4 is 10.6 Å². The number of fused-ring (bicyclic) bond motifs is 1. The second-order valence-corrected chi connectivity index (χ2v) is 11.7. The molecule has 0 aliphatic rings. The summed E-state index contributed by atoms with van der Waals surface area (Å²) in [7, 11) is 0. The SMILES string of the molecule is CC(C)(C)CCC(C)(C)Nc1c(C(C)(C)C)[nH]c2c(C(=O)Nc3ccc([N+](=O)[O-])cc3)cnn12. The number of aromatic amines is 1. The van der Waals surface area contributed by atoms with Crippen LogP contribution in [0.5, 0.6) is 0 Å². The molecular weight excluding hydrogens is 432 g/mol. The van der Waals surface area contributed by atoms with Crippen molar-refractivity contribution in [1.82, 2.24) is 14.6 Å². The van der Waals surface area contributed by atoms with Crippen LogP contribution in [0, 0.1) is 15.5 Å². The predicted octanol–water partition coefficient (Wildman–Crippen LogP) is 6.14. The van der Waals surface area contributed by atoms with Crippen LogP contribution in [-0.2, 0) is 5.41 Å². The molecule has 9 nitrogen and oxygen atoms in total. The fourth-order valence-corrected chi connectivity index (χ4v) is 3.68. The highest BCUT2D eigenvalue weighted by Crippen LogP contribution is 2.34. The Morgan fingerprint density at radius 3 is 2.21 bits per heavy atom. The number of anilines is 2. The summed E-state index contributed by atoms with van der Waals surface area (Å²) in [4.78, 5) is 26.9. The quantitative estimate of drug-likeness (QED) is 0.284. The molecule has 184 valence electrons. The maximum Gasteiger partial charge on any atom is 0.269 e. The van der Waals surface area contributed by atoms with Gasteiger partial charge in [-0.2, -0.15) is 9.61 Å². The second kappa shape index (κ2) is 8.77. The number of hydrogen-bond acceptors (Lipinski definition) is 5. The molecule has 0 fully saturated rings. The number of carbonyl (C=O) groups excluding carboxylic acids is 1. The number of H-pyrrole nitrogens is 1. The maximum atomic E-state index is 13.0. The number of nitro groups is 1. The standard InChI is InChI=1S/C25H36N6O3/c1-23(2,3)13-14-25(7,8)29-21-19(24(4,5)6)28-20-18(15-26-30(20)21)22(32)27-16-9-11-17(12-10-16)31(33)34/h9-12,15,28-29H,13-14H2,1-8H3,(H,27,32). The number of nitro benzene ring substituents is 1. The molecule has 0 aliphatic carbocycles. The van der Waals surface area contributed by atoms with E-state index in [1.807, 2.05) is 0 Å². The van der Waals surface area contributed by atoms with E-state index in [0.29, 0.717) is 16.9 Å². The van der Waals surface area contributed by atoms with Gasteiger partial charge in [0.25, 0.3) is 11.6 Å².